The molecule has 0 saturated carbocycles. The fourth-order valence-corrected chi connectivity index (χ4v) is 1.02. The molecule has 1 heterocycles. The highest BCUT2D eigenvalue weighted by Gasteiger charge is 2.11. The minimum atomic E-state index is 0.0243. The maximum Gasteiger partial charge on any atom is 0.158 e. The number of ether oxygens (including phenoxy) is 2. The van der Waals surface area contributed by atoms with E-state index in [0.717, 1.165) is 31.8 Å². The Morgan fingerprint density at radius 1 is 1.33 bits per heavy atom. The topological polar surface area (TPSA) is 18.5 Å². The summed E-state index contributed by atoms with van der Waals surface area (Å²) in [4.78, 5) is 0. The molecule has 0 radical (unpaired) electrons. The average Bonchev–Trinajstić information content (AvgIpc) is 1.91. The first-order valence-electron chi connectivity index (χ1n) is 3.27. The van der Waals surface area contributed by atoms with Gasteiger partial charge in [0.1, 0.15) is 0 Å². The van der Waals surface area contributed by atoms with E-state index in [0.29, 0.717) is 0 Å². The van der Waals surface area contributed by atoms with Crippen LogP contribution >= 0.6 is 12.6 Å². The molecule has 0 unspecified atom stereocenters. The van der Waals surface area contributed by atoms with Crippen LogP contribution in [0.4, 0.5) is 0 Å². The summed E-state index contributed by atoms with van der Waals surface area (Å²) in [6.07, 6.45) is 1.96. The number of rotatable bonds is 2. The largest absolute Gasteiger partial charge is 0.353 e. The molecule has 1 saturated heterocycles. The first-order valence-corrected chi connectivity index (χ1v) is 3.91. The van der Waals surface area contributed by atoms with Crippen molar-refractivity contribution in [3.8, 4) is 0 Å². The van der Waals surface area contributed by atoms with Gasteiger partial charge in [-0.1, -0.05) is 0 Å². The molecule has 0 aromatic rings. The van der Waals surface area contributed by atoms with Crippen LogP contribution in [0.1, 0.15) is 12.8 Å². The molecule has 9 heavy (non-hydrogen) atoms. The van der Waals surface area contributed by atoms with E-state index < -0.39 is 0 Å². The Bertz CT molecular complexity index is 68.7. The van der Waals surface area contributed by atoms with Crippen molar-refractivity contribution < 1.29 is 9.47 Å². The van der Waals surface area contributed by atoms with Crippen LogP contribution in [0.5, 0.6) is 0 Å². The van der Waals surface area contributed by atoms with Crippen LogP contribution in [0.3, 0.4) is 0 Å². The van der Waals surface area contributed by atoms with Gasteiger partial charge in [-0.15, -0.1) is 0 Å². The third-order valence-corrected chi connectivity index (χ3v) is 1.52. The van der Waals surface area contributed by atoms with Crippen molar-refractivity contribution >= 4 is 12.6 Å². The third-order valence-electron chi connectivity index (χ3n) is 1.26. The van der Waals surface area contributed by atoms with Gasteiger partial charge in [-0.25, -0.2) is 0 Å². The molecule has 0 aromatic heterocycles. The highest BCUT2D eigenvalue weighted by Crippen LogP contribution is 2.08. The van der Waals surface area contributed by atoms with E-state index in [9.17, 15) is 0 Å². The summed E-state index contributed by atoms with van der Waals surface area (Å²) in [5.74, 6) is 0.838. The SMILES string of the molecule is SCCC1OCCCO1. The Morgan fingerprint density at radius 2 is 2.00 bits per heavy atom. The van der Waals surface area contributed by atoms with Crippen LogP contribution in [0.15, 0.2) is 0 Å². The molecule has 0 aromatic carbocycles. The first-order chi connectivity index (χ1) is 4.43. The Kier molecular flexibility index (Phi) is 3.40. The smallest absolute Gasteiger partial charge is 0.158 e. The van der Waals surface area contributed by atoms with Crippen LogP contribution in [-0.2, 0) is 9.47 Å². The lowest BCUT2D eigenvalue weighted by Crippen LogP contribution is -2.24. The minimum absolute atomic E-state index is 0.0243. The van der Waals surface area contributed by atoms with Crippen molar-refractivity contribution in [3.63, 3.8) is 0 Å². The van der Waals surface area contributed by atoms with Gasteiger partial charge >= 0.3 is 0 Å². The Hall–Kier alpha value is 0.270. The van der Waals surface area contributed by atoms with Crippen molar-refractivity contribution in [1.82, 2.24) is 0 Å². The van der Waals surface area contributed by atoms with E-state index in [1.54, 1.807) is 0 Å². The first kappa shape index (κ1) is 7.38. The Labute approximate surface area is 60.9 Å². The Morgan fingerprint density at radius 3 is 2.56 bits per heavy atom. The normalized spacial score (nSPS) is 22.3. The molecular formula is C6H12O2S. The lowest BCUT2D eigenvalue weighted by Gasteiger charge is -2.22. The molecule has 0 aliphatic carbocycles. The van der Waals surface area contributed by atoms with Crippen LogP contribution in [0, 0.1) is 0 Å². The van der Waals surface area contributed by atoms with Gasteiger partial charge < -0.3 is 9.47 Å². The van der Waals surface area contributed by atoms with E-state index >= 15 is 0 Å². The summed E-state index contributed by atoms with van der Waals surface area (Å²) in [5, 5.41) is 0. The second-order valence-electron chi connectivity index (χ2n) is 2.04. The molecule has 0 bridgehead atoms. The maximum absolute atomic E-state index is 5.25. The summed E-state index contributed by atoms with van der Waals surface area (Å²) in [7, 11) is 0. The predicted octanol–water partition coefficient (Wildman–Crippen LogP) is 1.07. The number of thiol groups is 1. The van der Waals surface area contributed by atoms with Gasteiger partial charge in [0.05, 0.1) is 13.2 Å². The van der Waals surface area contributed by atoms with Crippen LogP contribution in [0.2, 0.25) is 0 Å². The molecule has 1 fully saturated rings. The number of hydrogen-bond acceptors (Lipinski definition) is 3. The fourth-order valence-electron chi connectivity index (χ4n) is 0.809. The van der Waals surface area contributed by atoms with Gasteiger partial charge in [-0.3, -0.25) is 0 Å². The molecule has 0 amide bonds. The van der Waals surface area contributed by atoms with Gasteiger partial charge in [-0.05, 0) is 12.2 Å². The van der Waals surface area contributed by atoms with E-state index in [1.807, 2.05) is 0 Å². The summed E-state index contributed by atoms with van der Waals surface area (Å²) in [6, 6.07) is 0. The molecule has 3 heteroatoms. The van der Waals surface area contributed by atoms with Crippen LogP contribution in [0.25, 0.3) is 0 Å². The molecule has 1 aliphatic heterocycles. The monoisotopic (exact) mass is 148 g/mol. The van der Waals surface area contributed by atoms with Crippen molar-refractivity contribution in [2.75, 3.05) is 19.0 Å². The summed E-state index contributed by atoms with van der Waals surface area (Å²) in [6.45, 7) is 1.69. The summed E-state index contributed by atoms with van der Waals surface area (Å²) < 4.78 is 10.5. The lowest BCUT2D eigenvalue weighted by molar-refractivity contribution is -0.178. The fraction of sp³-hybridized carbons (Fsp3) is 1.00. The molecule has 0 spiro atoms. The third kappa shape index (κ3) is 2.56. The van der Waals surface area contributed by atoms with E-state index in [-0.39, 0.29) is 6.29 Å². The molecule has 1 aliphatic rings. The molecule has 54 valence electrons. The molecular weight excluding hydrogens is 136 g/mol. The van der Waals surface area contributed by atoms with E-state index in [4.69, 9.17) is 9.47 Å². The standard InChI is InChI=1S/C6H12O2S/c9-5-2-6-7-3-1-4-8-6/h6,9H,1-5H2. The molecule has 1 rings (SSSR count). The summed E-state index contributed by atoms with van der Waals surface area (Å²) >= 11 is 4.07. The highest BCUT2D eigenvalue weighted by atomic mass is 32.1. The van der Waals surface area contributed by atoms with Crippen molar-refractivity contribution in [1.29, 1.82) is 0 Å². The van der Waals surface area contributed by atoms with Crippen molar-refractivity contribution in [2.24, 2.45) is 0 Å². The molecule has 2 nitrogen and oxygen atoms in total. The zero-order chi connectivity index (χ0) is 6.53. The van der Waals surface area contributed by atoms with Crippen LogP contribution < -0.4 is 0 Å². The van der Waals surface area contributed by atoms with Gasteiger partial charge in [0, 0.05) is 6.42 Å². The van der Waals surface area contributed by atoms with E-state index in [1.165, 1.54) is 0 Å². The maximum atomic E-state index is 5.25. The van der Waals surface area contributed by atoms with Crippen molar-refractivity contribution in [3.05, 3.63) is 0 Å². The molecule has 0 N–H and O–H groups in total. The number of hydrogen-bond donors (Lipinski definition) is 1. The minimum Gasteiger partial charge on any atom is -0.353 e. The second kappa shape index (κ2) is 4.14. The second-order valence-corrected chi connectivity index (χ2v) is 2.48. The predicted molar refractivity (Wildman–Crippen MR) is 38.8 cm³/mol. The van der Waals surface area contributed by atoms with Gasteiger partial charge in [0.15, 0.2) is 6.29 Å². The Balaban J connectivity index is 2.08. The van der Waals surface area contributed by atoms with Gasteiger partial charge in [0.2, 0.25) is 0 Å². The zero-order valence-corrected chi connectivity index (χ0v) is 6.27. The van der Waals surface area contributed by atoms with E-state index in [2.05, 4.69) is 12.6 Å². The van der Waals surface area contributed by atoms with Crippen molar-refractivity contribution in [2.45, 2.75) is 19.1 Å². The van der Waals surface area contributed by atoms with Gasteiger partial charge in [0.25, 0.3) is 0 Å². The average molecular weight is 148 g/mol. The van der Waals surface area contributed by atoms with Gasteiger partial charge in [-0.2, -0.15) is 12.6 Å². The summed E-state index contributed by atoms with van der Waals surface area (Å²) in [5.41, 5.74) is 0. The lowest BCUT2D eigenvalue weighted by atomic mass is 10.4. The molecule has 0 atom stereocenters. The quantitative estimate of drug-likeness (QED) is 0.590. The van der Waals surface area contributed by atoms with Crippen LogP contribution in [-0.4, -0.2) is 25.3 Å². The highest BCUT2D eigenvalue weighted by molar-refractivity contribution is 7.80. The zero-order valence-electron chi connectivity index (χ0n) is 5.38.